The molecule has 0 saturated heterocycles. The van der Waals surface area contributed by atoms with Crippen LogP contribution < -0.4 is 5.32 Å². The number of ether oxygens (including phenoxy) is 1. The van der Waals surface area contributed by atoms with Crippen LogP contribution in [0.1, 0.15) is 328 Å². The van der Waals surface area contributed by atoms with Gasteiger partial charge >= 0.3 is 5.97 Å². The van der Waals surface area contributed by atoms with Crippen LogP contribution in [0, 0.1) is 0 Å². The van der Waals surface area contributed by atoms with E-state index in [4.69, 9.17) is 4.74 Å². The van der Waals surface area contributed by atoms with Gasteiger partial charge in [0.25, 0.3) is 0 Å². The van der Waals surface area contributed by atoms with Crippen LogP contribution in [0.25, 0.3) is 0 Å². The van der Waals surface area contributed by atoms with E-state index in [0.717, 1.165) is 44.9 Å². The molecule has 0 aromatic rings. The summed E-state index contributed by atoms with van der Waals surface area (Å²) in [5, 5.41) is 23.1. The van der Waals surface area contributed by atoms with E-state index in [1.807, 2.05) is 0 Å². The van der Waals surface area contributed by atoms with Gasteiger partial charge in [0.1, 0.15) is 0 Å². The van der Waals surface area contributed by atoms with Crippen LogP contribution in [-0.4, -0.2) is 47.4 Å². The van der Waals surface area contributed by atoms with Crippen LogP contribution in [0.5, 0.6) is 0 Å². The lowest BCUT2D eigenvalue weighted by Crippen LogP contribution is -2.45. The number of hydrogen-bond donors (Lipinski definition) is 3. The Morgan fingerprint density at radius 3 is 1.09 bits per heavy atom. The highest BCUT2D eigenvalue weighted by molar-refractivity contribution is 5.76. The van der Waals surface area contributed by atoms with Crippen molar-refractivity contribution in [2.24, 2.45) is 0 Å². The third kappa shape index (κ3) is 51.8. The molecule has 1 amide bonds. The van der Waals surface area contributed by atoms with Crippen LogP contribution in [0.3, 0.4) is 0 Å². The van der Waals surface area contributed by atoms with Crippen molar-refractivity contribution in [3.8, 4) is 0 Å². The van der Waals surface area contributed by atoms with E-state index in [-0.39, 0.29) is 18.5 Å². The van der Waals surface area contributed by atoms with E-state index in [1.165, 1.54) is 250 Å². The molecule has 65 heavy (non-hydrogen) atoms. The summed E-state index contributed by atoms with van der Waals surface area (Å²) >= 11 is 0. The number of nitrogens with one attached hydrogen (secondary N) is 1. The smallest absolute Gasteiger partial charge is 0.305 e. The largest absolute Gasteiger partial charge is 0.466 e. The molecule has 0 saturated carbocycles. The molecule has 0 aromatic carbocycles. The van der Waals surface area contributed by atoms with E-state index in [9.17, 15) is 19.8 Å². The lowest BCUT2D eigenvalue weighted by molar-refractivity contribution is -0.143. The second-order valence-corrected chi connectivity index (χ2v) is 20.3. The Morgan fingerprint density at radius 2 is 0.723 bits per heavy atom. The topological polar surface area (TPSA) is 95.9 Å². The number of allylic oxidation sites excluding steroid dienone is 2. The molecule has 386 valence electrons. The summed E-state index contributed by atoms with van der Waals surface area (Å²) in [4.78, 5) is 24.5. The number of carbonyl (C=O) groups excluding carboxylic acids is 2. The summed E-state index contributed by atoms with van der Waals surface area (Å²) in [5.74, 6) is -0.0295. The lowest BCUT2D eigenvalue weighted by atomic mass is 10.0. The third-order valence-electron chi connectivity index (χ3n) is 13.8. The number of amides is 1. The monoisotopic (exact) mass is 918 g/mol. The predicted octanol–water partition coefficient (Wildman–Crippen LogP) is 18.1. The predicted molar refractivity (Wildman–Crippen MR) is 283 cm³/mol. The quantitative estimate of drug-likeness (QED) is 0.0321. The summed E-state index contributed by atoms with van der Waals surface area (Å²) in [5.41, 5.74) is 0. The number of esters is 1. The van der Waals surface area contributed by atoms with Gasteiger partial charge in [0.2, 0.25) is 5.91 Å². The van der Waals surface area contributed by atoms with Gasteiger partial charge in [-0.2, -0.15) is 0 Å². The van der Waals surface area contributed by atoms with Crippen molar-refractivity contribution in [3.05, 3.63) is 12.2 Å². The minimum absolute atomic E-state index is 0.00625. The number of aliphatic hydroxyl groups excluding tert-OH is 2. The molecule has 0 heterocycles. The lowest BCUT2D eigenvalue weighted by Gasteiger charge is -2.22. The fourth-order valence-corrected chi connectivity index (χ4v) is 9.28. The fourth-order valence-electron chi connectivity index (χ4n) is 9.28. The number of carbonyl (C=O) groups is 2. The first kappa shape index (κ1) is 63.6. The van der Waals surface area contributed by atoms with Crippen LogP contribution in [-0.2, 0) is 14.3 Å². The van der Waals surface area contributed by atoms with E-state index in [1.54, 1.807) is 0 Å². The van der Waals surface area contributed by atoms with Crippen molar-refractivity contribution >= 4 is 11.9 Å². The Labute approximate surface area is 406 Å². The molecule has 0 aromatic heterocycles. The number of aliphatic hydroxyl groups is 2. The van der Waals surface area contributed by atoms with Gasteiger partial charge in [-0.15, -0.1) is 0 Å². The SMILES string of the molecule is CCCCCCCCC/C=C\CCCCCCCC(=O)OCCCCCCCCCCCCCCCCCCCCCCCCC(=O)NC(CO)C(O)CCCCCCCCCCCC. The standard InChI is InChI=1S/C59H115NO5/c1-3-5-7-9-11-13-15-16-17-27-30-33-37-41-45-49-53-59(64)65-54-50-46-42-38-34-31-28-25-23-21-19-18-20-22-24-26-29-32-36-40-44-48-52-58(63)60-56(55-61)57(62)51-47-43-39-35-14-12-10-8-6-4-2/h17,27,56-57,61-62H,3-16,18-26,28-55H2,1-2H3,(H,60,63)/b27-17-. The summed E-state index contributed by atoms with van der Waals surface area (Å²) in [6.07, 6.45) is 65.0. The second kappa shape index (κ2) is 55.2. The molecule has 6 heteroatoms. The van der Waals surface area contributed by atoms with Gasteiger partial charge < -0.3 is 20.3 Å². The van der Waals surface area contributed by atoms with Gasteiger partial charge in [-0.05, 0) is 51.4 Å². The summed E-state index contributed by atoms with van der Waals surface area (Å²) in [7, 11) is 0. The summed E-state index contributed by atoms with van der Waals surface area (Å²) < 4.78 is 5.48. The zero-order valence-electron chi connectivity index (χ0n) is 44.0. The highest BCUT2D eigenvalue weighted by atomic mass is 16.5. The molecule has 0 rings (SSSR count). The number of rotatable bonds is 55. The van der Waals surface area contributed by atoms with E-state index in [2.05, 4.69) is 31.3 Å². The maximum absolute atomic E-state index is 12.4. The maximum Gasteiger partial charge on any atom is 0.305 e. The fraction of sp³-hybridized carbons (Fsp3) is 0.932. The van der Waals surface area contributed by atoms with Gasteiger partial charge in [-0.1, -0.05) is 276 Å². The average molecular weight is 919 g/mol. The molecule has 2 unspecified atom stereocenters. The molecule has 2 atom stereocenters. The molecule has 0 aliphatic carbocycles. The number of unbranched alkanes of at least 4 members (excludes halogenated alkanes) is 42. The zero-order valence-corrected chi connectivity index (χ0v) is 44.0. The van der Waals surface area contributed by atoms with Crippen LogP contribution in [0.4, 0.5) is 0 Å². The Bertz CT molecular complexity index is 970. The zero-order chi connectivity index (χ0) is 47.2. The van der Waals surface area contributed by atoms with Gasteiger partial charge in [-0.25, -0.2) is 0 Å². The Balaban J connectivity index is 3.34. The summed E-state index contributed by atoms with van der Waals surface area (Å²) in [6, 6.07) is -0.539. The number of hydrogen-bond acceptors (Lipinski definition) is 5. The van der Waals surface area contributed by atoms with Gasteiger partial charge in [0, 0.05) is 12.8 Å². The molecule has 3 N–H and O–H groups in total. The van der Waals surface area contributed by atoms with Crippen LogP contribution in [0.2, 0.25) is 0 Å². The maximum atomic E-state index is 12.4. The van der Waals surface area contributed by atoms with Crippen molar-refractivity contribution in [2.45, 2.75) is 341 Å². The molecule has 0 bridgehead atoms. The molecule has 0 fully saturated rings. The highest BCUT2D eigenvalue weighted by Gasteiger charge is 2.20. The minimum atomic E-state index is -0.662. The van der Waals surface area contributed by atoms with Crippen molar-refractivity contribution in [2.75, 3.05) is 13.2 Å². The average Bonchev–Trinajstić information content (AvgIpc) is 3.31. The van der Waals surface area contributed by atoms with Crippen molar-refractivity contribution in [1.82, 2.24) is 5.32 Å². The van der Waals surface area contributed by atoms with Gasteiger partial charge in [0.15, 0.2) is 0 Å². The molecular formula is C59H115NO5. The first-order valence-corrected chi connectivity index (χ1v) is 29.4. The first-order valence-electron chi connectivity index (χ1n) is 29.4. The van der Waals surface area contributed by atoms with Crippen molar-refractivity contribution < 1.29 is 24.5 Å². The van der Waals surface area contributed by atoms with E-state index in [0.29, 0.717) is 25.9 Å². The minimum Gasteiger partial charge on any atom is -0.466 e. The van der Waals surface area contributed by atoms with Crippen molar-refractivity contribution in [1.29, 1.82) is 0 Å². The van der Waals surface area contributed by atoms with Gasteiger partial charge in [-0.3, -0.25) is 9.59 Å². The van der Waals surface area contributed by atoms with Crippen molar-refractivity contribution in [3.63, 3.8) is 0 Å². The molecule has 0 spiro atoms. The molecule has 6 nitrogen and oxygen atoms in total. The summed E-state index contributed by atoms with van der Waals surface area (Å²) in [6.45, 7) is 4.95. The third-order valence-corrected chi connectivity index (χ3v) is 13.8. The Hall–Kier alpha value is -1.40. The molecule has 0 aliphatic heterocycles. The van der Waals surface area contributed by atoms with Gasteiger partial charge in [0.05, 0.1) is 25.4 Å². The molecule has 0 aliphatic rings. The Morgan fingerprint density at radius 1 is 0.415 bits per heavy atom. The molecule has 0 radical (unpaired) electrons. The molecular weight excluding hydrogens is 803 g/mol. The normalized spacial score (nSPS) is 12.6. The van der Waals surface area contributed by atoms with Crippen LogP contribution >= 0.6 is 0 Å². The highest BCUT2D eigenvalue weighted by Crippen LogP contribution is 2.18. The van der Waals surface area contributed by atoms with Crippen LogP contribution in [0.15, 0.2) is 12.2 Å². The Kier molecular flexibility index (Phi) is 54.0. The van der Waals surface area contributed by atoms with E-state index < -0.39 is 12.1 Å². The first-order chi connectivity index (χ1) is 32.0. The van der Waals surface area contributed by atoms with E-state index >= 15 is 0 Å². The second-order valence-electron chi connectivity index (χ2n) is 20.3.